The van der Waals surface area contributed by atoms with Gasteiger partial charge in [-0.05, 0) is 37.4 Å². The number of hydrogen-bond donors (Lipinski definition) is 3. The van der Waals surface area contributed by atoms with Crippen LogP contribution in [0.1, 0.15) is 47.2 Å². The molecule has 26 heavy (non-hydrogen) atoms. The number of rotatable bonds is 3. The highest BCUT2D eigenvalue weighted by Gasteiger charge is 2.65. The van der Waals surface area contributed by atoms with Gasteiger partial charge in [-0.3, -0.25) is 14.5 Å². The number of hydrogen-bond acceptors (Lipinski definition) is 5. The predicted octanol–water partition coefficient (Wildman–Crippen LogP) is 1.03. The van der Waals surface area contributed by atoms with Crippen LogP contribution in [0.25, 0.3) is 0 Å². The van der Waals surface area contributed by atoms with Crippen molar-refractivity contribution in [3.8, 4) is 5.75 Å². The van der Waals surface area contributed by atoms with Gasteiger partial charge in [-0.15, -0.1) is 6.58 Å². The summed E-state index contributed by atoms with van der Waals surface area (Å²) >= 11 is 0. The SMILES string of the molecule is C=CCN1CCC23CC(=O)CCC2(O)C1Cc1ccc(C(N)=O)c(O)c13. The van der Waals surface area contributed by atoms with E-state index in [-0.39, 0.29) is 29.6 Å². The minimum Gasteiger partial charge on any atom is -0.507 e. The van der Waals surface area contributed by atoms with E-state index in [1.54, 1.807) is 6.07 Å². The van der Waals surface area contributed by atoms with Crippen LogP contribution in [0.2, 0.25) is 0 Å². The summed E-state index contributed by atoms with van der Waals surface area (Å²) in [6, 6.07) is 3.20. The van der Waals surface area contributed by atoms with Gasteiger partial charge >= 0.3 is 0 Å². The van der Waals surface area contributed by atoms with E-state index in [4.69, 9.17) is 5.73 Å². The van der Waals surface area contributed by atoms with Gasteiger partial charge in [0.2, 0.25) is 0 Å². The lowest BCUT2D eigenvalue weighted by atomic mass is 9.49. The lowest BCUT2D eigenvalue weighted by molar-refractivity contribution is -0.171. The third kappa shape index (κ3) is 2.06. The highest BCUT2D eigenvalue weighted by atomic mass is 16.3. The molecule has 1 amide bonds. The van der Waals surface area contributed by atoms with E-state index >= 15 is 0 Å². The minimum absolute atomic E-state index is 0.0467. The van der Waals surface area contributed by atoms with Crippen molar-refractivity contribution in [3.63, 3.8) is 0 Å². The van der Waals surface area contributed by atoms with Gasteiger partial charge in [0, 0.05) is 36.4 Å². The zero-order valence-electron chi connectivity index (χ0n) is 14.7. The maximum Gasteiger partial charge on any atom is 0.252 e. The van der Waals surface area contributed by atoms with Gasteiger partial charge < -0.3 is 15.9 Å². The molecule has 1 aliphatic heterocycles. The number of ketones is 1. The number of piperidine rings is 1. The molecule has 1 aromatic carbocycles. The van der Waals surface area contributed by atoms with E-state index in [9.17, 15) is 19.8 Å². The fourth-order valence-electron chi connectivity index (χ4n) is 5.59. The van der Waals surface area contributed by atoms with Crippen molar-refractivity contribution in [3.05, 3.63) is 41.5 Å². The molecule has 1 heterocycles. The maximum absolute atomic E-state index is 12.4. The van der Waals surface area contributed by atoms with Crippen LogP contribution in [0.15, 0.2) is 24.8 Å². The van der Waals surface area contributed by atoms with E-state index < -0.39 is 16.9 Å². The van der Waals surface area contributed by atoms with E-state index in [2.05, 4.69) is 11.5 Å². The fourth-order valence-corrected chi connectivity index (χ4v) is 5.59. The number of carbonyl (C=O) groups excluding carboxylic acids is 2. The molecule has 3 aliphatic rings. The van der Waals surface area contributed by atoms with Crippen molar-refractivity contribution in [2.75, 3.05) is 13.1 Å². The second-order valence-corrected chi connectivity index (χ2v) is 7.84. The molecule has 6 nitrogen and oxygen atoms in total. The smallest absolute Gasteiger partial charge is 0.252 e. The van der Waals surface area contributed by atoms with Crippen molar-refractivity contribution in [1.29, 1.82) is 0 Å². The number of carbonyl (C=O) groups is 2. The Bertz CT molecular complexity index is 820. The molecule has 4 rings (SSSR count). The number of aliphatic hydroxyl groups is 1. The summed E-state index contributed by atoms with van der Waals surface area (Å²) < 4.78 is 0. The fraction of sp³-hybridized carbons (Fsp3) is 0.500. The molecular formula is C20H24N2O4. The van der Waals surface area contributed by atoms with Crippen molar-refractivity contribution in [1.82, 2.24) is 4.90 Å². The number of nitrogens with zero attached hydrogens (tertiary/aromatic N) is 1. The maximum atomic E-state index is 12.4. The molecule has 2 bridgehead atoms. The predicted molar refractivity (Wildman–Crippen MR) is 96.0 cm³/mol. The number of amides is 1. The Morgan fingerprint density at radius 2 is 2.19 bits per heavy atom. The molecule has 2 fully saturated rings. The molecule has 0 radical (unpaired) electrons. The molecule has 0 spiro atoms. The molecule has 1 saturated heterocycles. The highest BCUT2D eigenvalue weighted by molar-refractivity contribution is 5.96. The van der Waals surface area contributed by atoms with Gasteiger partial charge in [-0.2, -0.15) is 0 Å². The second kappa shape index (κ2) is 5.66. The van der Waals surface area contributed by atoms with Gasteiger partial charge in [0.25, 0.3) is 5.91 Å². The first-order chi connectivity index (χ1) is 12.3. The van der Waals surface area contributed by atoms with Crippen LogP contribution in [0.5, 0.6) is 5.75 Å². The third-order valence-corrected chi connectivity index (χ3v) is 6.72. The quantitative estimate of drug-likeness (QED) is 0.702. The minimum atomic E-state index is -1.12. The number of benzene rings is 1. The summed E-state index contributed by atoms with van der Waals surface area (Å²) in [4.78, 5) is 26.3. The van der Waals surface area contributed by atoms with E-state index in [1.165, 1.54) is 6.07 Å². The average molecular weight is 356 g/mol. The third-order valence-electron chi connectivity index (χ3n) is 6.72. The number of fused-ring (bicyclic) bond motifs is 1. The molecule has 6 heteroatoms. The Hall–Kier alpha value is -2.18. The number of phenols is 1. The van der Waals surface area contributed by atoms with Crippen LogP contribution < -0.4 is 5.73 Å². The number of nitrogens with two attached hydrogens (primary N) is 1. The van der Waals surface area contributed by atoms with Crippen LogP contribution in [-0.4, -0.2) is 51.5 Å². The molecular weight excluding hydrogens is 332 g/mol. The van der Waals surface area contributed by atoms with Crippen LogP contribution in [-0.2, 0) is 16.6 Å². The molecule has 1 saturated carbocycles. The molecule has 3 atom stereocenters. The summed E-state index contributed by atoms with van der Waals surface area (Å²) in [5, 5.41) is 22.7. The zero-order chi connectivity index (χ0) is 18.7. The molecule has 1 aromatic rings. The van der Waals surface area contributed by atoms with Crippen molar-refractivity contribution in [2.24, 2.45) is 5.73 Å². The van der Waals surface area contributed by atoms with Crippen molar-refractivity contribution in [2.45, 2.75) is 49.2 Å². The molecule has 138 valence electrons. The van der Waals surface area contributed by atoms with E-state index in [0.717, 1.165) is 5.56 Å². The van der Waals surface area contributed by atoms with Gasteiger partial charge in [-0.1, -0.05) is 12.1 Å². The monoisotopic (exact) mass is 356 g/mol. The number of primary amides is 1. The Balaban J connectivity index is 1.97. The first-order valence-electron chi connectivity index (χ1n) is 9.08. The Labute approximate surface area is 152 Å². The first-order valence-corrected chi connectivity index (χ1v) is 9.08. The normalized spacial score (nSPS) is 33.3. The summed E-state index contributed by atoms with van der Waals surface area (Å²) in [5.41, 5.74) is 4.91. The highest BCUT2D eigenvalue weighted by Crippen LogP contribution is 2.59. The topological polar surface area (TPSA) is 104 Å². The Morgan fingerprint density at radius 1 is 1.42 bits per heavy atom. The van der Waals surface area contributed by atoms with Crippen LogP contribution in [0, 0.1) is 0 Å². The molecule has 3 unspecified atom stereocenters. The Kier molecular flexibility index (Phi) is 3.75. The van der Waals surface area contributed by atoms with E-state index in [0.29, 0.717) is 44.3 Å². The average Bonchev–Trinajstić information content (AvgIpc) is 2.57. The molecule has 0 aromatic heterocycles. The van der Waals surface area contributed by atoms with Crippen LogP contribution >= 0.6 is 0 Å². The number of likely N-dealkylation sites (tertiary alicyclic amines) is 1. The summed E-state index contributed by atoms with van der Waals surface area (Å²) in [6.45, 7) is 5.18. The van der Waals surface area contributed by atoms with Crippen LogP contribution in [0.4, 0.5) is 0 Å². The van der Waals surface area contributed by atoms with E-state index in [1.807, 2.05) is 6.08 Å². The van der Waals surface area contributed by atoms with Gasteiger partial charge in [-0.25, -0.2) is 0 Å². The molecule has 4 N–H and O–H groups in total. The van der Waals surface area contributed by atoms with Gasteiger partial charge in [0.1, 0.15) is 11.5 Å². The number of aromatic hydroxyl groups is 1. The summed E-state index contributed by atoms with van der Waals surface area (Å²) in [7, 11) is 0. The van der Waals surface area contributed by atoms with Crippen molar-refractivity contribution < 1.29 is 19.8 Å². The zero-order valence-corrected chi connectivity index (χ0v) is 14.7. The van der Waals surface area contributed by atoms with Crippen molar-refractivity contribution >= 4 is 11.7 Å². The lowest BCUT2D eigenvalue weighted by Gasteiger charge is -2.63. The summed E-state index contributed by atoms with van der Waals surface area (Å²) in [5.74, 6) is -0.792. The molecule has 2 aliphatic carbocycles. The lowest BCUT2D eigenvalue weighted by Crippen LogP contribution is -2.73. The van der Waals surface area contributed by atoms with Gasteiger partial charge in [0.15, 0.2) is 0 Å². The number of Topliss-reactive ketones (excluding diaryl/α,β-unsaturated/α-hetero) is 1. The second-order valence-electron chi connectivity index (χ2n) is 7.84. The Morgan fingerprint density at radius 3 is 2.88 bits per heavy atom. The summed E-state index contributed by atoms with van der Waals surface area (Å²) in [6.07, 6.45) is 3.81. The van der Waals surface area contributed by atoms with Crippen LogP contribution in [0.3, 0.4) is 0 Å². The largest absolute Gasteiger partial charge is 0.507 e. The van der Waals surface area contributed by atoms with Gasteiger partial charge in [0.05, 0.1) is 11.2 Å². The first kappa shape index (κ1) is 17.2. The standard InChI is InChI=1S/C20H24N2O4/c1-2-8-22-9-7-19-11-13(23)5-6-20(19,26)15(22)10-12-3-4-14(18(21)25)17(24)16(12)19/h2-4,15,24,26H,1,5-11H2,(H2,21,25).